The van der Waals surface area contributed by atoms with Crippen molar-refractivity contribution in [3.05, 3.63) is 6.33 Å². The summed E-state index contributed by atoms with van der Waals surface area (Å²) >= 11 is 0. The number of rotatable bonds is 3. The van der Waals surface area contributed by atoms with Crippen molar-refractivity contribution in [2.45, 2.75) is 19.4 Å². The molecule has 3 N–H and O–H groups in total. The molecule has 1 aliphatic heterocycles. The molecule has 7 heteroatoms. The first-order valence-corrected chi connectivity index (χ1v) is 6.51. The summed E-state index contributed by atoms with van der Waals surface area (Å²) in [6.45, 7) is 2.96. The van der Waals surface area contributed by atoms with Crippen LogP contribution in [-0.2, 0) is 6.54 Å². The Morgan fingerprint density at radius 2 is 2.42 bits per heavy atom. The van der Waals surface area contributed by atoms with Crippen molar-refractivity contribution in [1.29, 1.82) is 0 Å². The molecule has 0 radical (unpaired) electrons. The first kappa shape index (κ1) is 12.2. The third-order valence-electron chi connectivity index (χ3n) is 3.55. The van der Waals surface area contributed by atoms with Gasteiger partial charge >= 0.3 is 0 Å². The van der Waals surface area contributed by atoms with E-state index in [2.05, 4.69) is 20.3 Å². The lowest BCUT2D eigenvalue weighted by atomic mass is 10.00. The molecule has 1 fully saturated rings. The average molecular weight is 262 g/mol. The van der Waals surface area contributed by atoms with Gasteiger partial charge in [-0.1, -0.05) is 0 Å². The normalized spacial score (nSPS) is 19.7. The summed E-state index contributed by atoms with van der Waals surface area (Å²) < 4.78 is 7.33. The molecule has 0 spiro atoms. The number of nitrogen functional groups attached to an aromatic ring is 1. The summed E-state index contributed by atoms with van der Waals surface area (Å²) in [6.07, 6.45) is 3.88. The second kappa shape index (κ2) is 5.00. The van der Waals surface area contributed by atoms with Crippen molar-refractivity contribution in [2.75, 3.05) is 25.9 Å². The quantitative estimate of drug-likeness (QED) is 0.833. The fourth-order valence-corrected chi connectivity index (χ4v) is 2.59. The number of nitrogens with zero attached hydrogens (tertiary/aromatic N) is 4. The van der Waals surface area contributed by atoms with Crippen molar-refractivity contribution in [2.24, 2.45) is 5.92 Å². The van der Waals surface area contributed by atoms with Crippen LogP contribution >= 0.6 is 0 Å². The molecule has 1 unspecified atom stereocenters. The number of ether oxygens (including phenoxy) is 1. The Hall–Kier alpha value is -1.89. The Morgan fingerprint density at radius 1 is 1.53 bits per heavy atom. The number of piperidine rings is 1. The van der Waals surface area contributed by atoms with E-state index in [0.29, 0.717) is 23.3 Å². The first-order chi connectivity index (χ1) is 9.29. The van der Waals surface area contributed by atoms with E-state index in [1.54, 1.807) is 7.11 Å². The lowest BCUT2D eigenvalue weighted by Gasteiger charge is -2.23. The zero-order valence-corrected chi connectivity index (χ0v) is 11.0. The minimum absolute atomic E-state index is 0.392. The van der Waals surface area contributed by atoms with E-state index in [-0.39, 0.29) is 0 Å². The fraction of sp³-hybridized carbons (Fsp3) is 0.583. The number of anilines is 1. The van der Waals surface area contributed by atoms with Gasteiger partial charge in [-0.2, -0.15) is 4.98 Å². The molecule has 7 nitrogen and oxygen atoms in total. The second-order valence-corrected chi connectivity index (χ2v) is 4.85. The largest absolute Gasteiger partial charge is 0.468 e. The minimum atomic E-state index is 0.392. The van der Waals surface area contributed by atoms with Crippen LogP contribution in [0.2, 0.25) is 0 Å². The molecule has 1 saturated heterocycles. The third-order valence-corrected chi connectivity index (χ3v) is 3.55. The Labute approximate surface area is 111 Å². The number of hydrogen-bond donors (Lipinski definition) is 2. The number of nitrogens with two attached hydrogens (primary N) is 1. The molecule has 0 aliphatic carbocycles. The van der Waals surface area contributed by atoms with Gasteiger partial charge in [-0.25, -0.2) is 9.97 Å². The SMILES string of the molecule is COc1nc2c(N)ncnc2n1CC1CCCNC1. The Morgan fingerprint density at radius 3 is 3.16 bits per heavy atom. The molecule has 2 aromatic rings. The summed E-state index contributed by atoms with van der Waals surface area (Å²) in [4.78, 5) is 12.6. The molecule has 3 heterocycles. The van der Waals surface area contributed by atoms with E-state index in [1.165, 1.54) is 19.2 Å². The first-order valence-electron chi connectivity index (χ1n) is 6.51. The maximum atomic E-state index is 5.83. The van der Waals surface area contributed by atoms with Crippen LogP contribution in [0.25, 0.3) is 11.2 Å². The average Bonchev–Trinajstić information content (AvgIpc) is 2.80. The molecular weight excluding hydrogens is 244 g/mol. The van der Waals surface area contributed by atoms with Gasteiger partial charge in [-0.15, -0.1) is 0 Å². The molecule has 1 atom stereocenters. The molecular formula is C12H18N6O. The molecule has 0 aromatic carbocycles. The van der Waals surface area contributed by atoms with Crippen LogP contribution in [0.4, 0.5) is 5.82 Å². The Balaban J connectivity index is 1.98. The third kappa shape index (κ3) is 2.21. The number of imidazole rings is 1. The highest BCUT2D eigenvalue weighted by Gasteiger charge is 2.20. The van der Waals surface area contributed by atoms with E-state index in [1.807, 2.05) is 4.57 Å². The van der Waals surface area contributed by atoms with Crippen molar-refractivity contribution < 1.29 is 4.74 Å². The van der Waals surface area contributed by atoms with Crippen LogP contribution in [0, 0.1) is 5.92 Å². The van der Waals surface area contributed by atoms with Crippen molar-refractivity contribution in [3.63, 3.8) is 0 Å². The highest BCUT2D eigenvalue weighted by molar-refractivity contribution is 5.82. The highest BCUT2D eigenvalue weighted by atomic mass is 16.5. The van der Waals surface area contributed by atoms with Crippen LogP contribution < -0.4 is 15.8 Å². The van der Waals surface area contributed by atoms with Gasteiger partial charge in [0, 0.05) is 6.54 Å². The zero-order chi connectivity index (χ0) is 13.2. The van der Waals surface area contributed by atoms with E-state index < -0.39 is 0 Å². The number of aromatic nitrogens is 4. The Kier molecular flexibility index (Phi) is 3.20. The van der Waals surface area contributed by atoms with Crippen LogP contribution in [0.1, 0.15) is 12.8 Å². The molecule has 0 saturated carbocycles. The van der Waals surface area contributed by atoms with Crippen molar-refractivity contribution in [3.8, 4) is 6.01 Å². The number of hydrogen-bond acceptors (Lipinski definition) is 6. The maximum absolute atomic E-state index is 5.83. The van der Waals surface area contributed by atoms with E-state index in [4.69, 9.17) is 10.5 Å². The van der Waals surface area contributed by atoms with Crippen LogP contribution in [0.3, 0.4) is 0 Å². The van der Waals surface area contributed by atoms with Crippen molar-refractivity contribution in [1.82, 2.24) is 24.8 Å². The van der Waals surface area contributed by atoms with Crippen LogP contribution in [0.15, 0.2) is 6.33 Å². The summed E-state index contributed by atoms with van der Waals surface area (Å²) in [7, 11) is 1.61. The maximum Gasteiger partial charge on any atom is 0.298 e. The van der Waals surface area contributed by atoms with Gasteiger partial charge in [0.15, 0.2) is 17.0 Å². The smallest absolute Gasteiger partial charge is 0.298 e. The van der Waals surface area contributed by atoms with Gasteiger partial charge < -0.3 is 15.8 Å². The monoisotopic (exact) mass is 262 g/mol. The Bertz CT molecular complexity index is 575. The highest BCUT2D eigenvalue weighted by Crippen LogP contribution is 2.25. The molecule has 0 bridgehead atoms. The summed E-state index contributed by atoms with van der Waals surface area (Å²) in [5.41, 5.74) is 7.19. The van der Waals surface area contributed by atoms with Gasteiger partial charge in [0.05, 0.1) is 7.11 Å². The predicted octanol–water partition coefficient (Wildman–Crippen LogP) is 0.417. The predicted molar refractivity (Wildman–Crippen MR) is 71.9 cm³/mol. The lowest BCUT2D eigenvalue weighted by molar-refractivity contribution is 0.305. The summed E-state index contributed by atoms with van der Waals surface area (Å²) in [6, 6.07) is 0.549. The molecule has 1 aliphatic rings. The van der Waals surface area contributed by atoms with Gasteiger partial charge in [0.2, 0.25) is 0 Å². The molecule has 102 valence electrons. The van der Waals surface area contributed by atoms with E-state index in [9.17, 15) is 0 Å². The molecule has 19 heavy (non-hydrogen) atoms. The standard InChI is InChI=1S/C12H18N6O/c1-19-12-17-9-10(13)15-7-16-11(9)18(12)6-8-3-2-4-14-5-8/h7-8,14H,2-6H2,1H3,(H2,13,15,16). The summed E-state index contributed by atoms with van der Waals surface area (Å²) in [5.74, 6) is 0.958. The topological polar surface area (TPSA) is 90.9 Å². The number of methoxy groups -OCH3 is 1. The molecule has 3 rings (SSSR count). The number of fused-ring (bicyclic) bond motifs is 1. The van der Waals surface area contributed by atoms with Gasteiger partial charge in [0.25, 0.3) is 6.01 Å². The summed E-state index contributed by atoms with van der Waals surface area (Å²) in [5, 5.41) is 3.41. The lowest BCUT2D eigenvalue weighted by Crippen LogP contribution is -2.32. The second-order valence-electron chi connectivity index (χ2n) is 4.85. The number of nitrogens with one attached hydrogen (secondary N) is 1. The molecule has 0 amide bonds. The van der Waals surface area contributed by atoms with Crippen LogP contribution in [-0.4, -0.2) is 39.7 Å². The minimum Gasteiger partial charge on any atom is -0.468 e. The zero-order valence-electron chi connectivity index (χ0n) is 11.0. The van der Waals surface area contributed by atoms with Gasteiger partial charge in [-0.05, 0) is 31.8 Å². The van der Waals surface area contributed by atoms with Crippen LogP contribution in [0.5, 0.6) is 6.01 Å². The van der Waals surface area contributed by atoms with E-state index >= 15 is 0 Å². The fourth-order valence-electron chi connectivity index (χ4n) is 2.59. The van der Waals surface area contributed by atoms with Gasteiger partial charge in [0.1, 0.15) is 6.33 Å². The van der Waals surface area contributed by atoms with Crippen molar-refractivity contribution >= 4 is 17.0 Å². The molecule has 2 aromatic heterocycles. The van der Waals surface area contributed by atoms with E-state index in [0.717, 1.165) is 25.3 Å². The van der Waals surface area contributed by atoms with Gasteiger partial charge in [-0.3, -0.25) is 4.57 Å².